The molecule has 0 saturated carbocycles. The van der Waals surface area contributed by atoms with Gasteiger partial charge in [-0.3, -0.25) is 4.79 Å². The van der Waals surface area contributed by atoms with Crippen LogP contribution >= 0.6 is 0 Å². The molecule has 0 aliphatic carbocycles. The van der Waals surface area contributed by atoms with Crippen molar-refractivity contribution in [2.75, 3.05) is 0 Å². The maximum Gasteiger partial charge on any atom is 0.274 e. The van der Waals surface area contributed by atoms with Gasteiger partial charge in [0, 0.05) is 11.4 Å². The van der Waals surface area contributed by atoms with Crippen LogP contribution in [0.15, 0.2) is 35.3 Å². The number of nitrogens with two attached hydrogens (primary N) is 1. The first-order valence-corrected chi connectivity index (χ1v) is 4.89. The summed E-state index contributed by atoms with van der Waals surface area (Å²) >= 11 is 0. The molecule has 0 spiro atoms. The average molecular weight is 203 g/mol. The molecule has 0 aliphatic rings. The molecule has 0 bridgehead atoms. The van der Waals surface area contributed by atoms with Gasteiger partial charge in [0.2, 0.25) is 0 Å². The van der Waals surface area contributed by atoms with E-state index in [2.05, 4.69) is 5.10 Å². The summed E-state index contributed by atoms with van der Waals surface area (Å²) in [7, 11) is 0. The minimum Gasteiger partial charge on any atom is -0.326 e. The van der Waals surface area contributed by atoms with Crippen LogP contribution in [0, 0.1) is 0 Å². The van der Waals surface area contributed by atoms with Gasteiger partial charge in [-0.05, 0) is 13.0 Å². The minimum absolute atomic E-state index is 0.0728. The maximum atomic E-state index is 11.9. The summed E-state index contributed by atoms with van der Waals surface area (Å²) in [5, 5.41) is 5.62. The molecule has 1 atom stereocenters. The molecule has 4 nitrogen and oxygen atoms in total. The quantitative estimate of drug-likeness (QED) is 0.783. The molecule has 1 aromatic heterocycles. The topological polar surface area (TPSA) is 60.9 Å². The molecule has 78 valence electrons. The van der Waals surface area contributed by atoms with Crippen LogP contribution in [0.25, 0.3) is 10.8 Å². The van der Waals surface area contributed by atoms with Gasteiger partial charge >= 0.3 is 0 Å². The Kier molecular flexibility index (Phi) is 2.51. The van der Waals surface area contributed by atoms with Gasteiger partial charge in [-0.1, -0.05) is 18.2 Å². The average Bonchev–Trinajstić information content (AvgIpc) is 2.22. The number of hydrogen-bond acceptors (Lipinski definition) is 3. The Morgan fingerprint density at radius 3 is 2.93 bits per heavy atom. The van der Waals surface area contributed by atoms with Crippen LogP contribution in [0.2, 0.25) is 0 Å². The predicted octanol–water partition coefficient (Wildman–Crippen LogP) is 0.744. The SMILES string of the molecule is C[C@H](N)Cn1ncc2ccccc2c1=O. The highest BCUT2D eigenvalue weighted by molar-refractivity contribution is 5.80. The molecule has 2 rings (SSSR count). The predicted molar refractivity (Wildman–Crippen MR) is 59.7 cm³/mol. The first-order chi connectivity index (χ1) is 7.18. The van der Waals surface area contributed by atoms with Crippen molar-refractivity contribution in [3.8, 4) is 0 Å². The van der Waals surface area contributed by atoms with Crippen LogP contribution in [0.5, 0.6) is 0 Å². The van der Waals surface area contributed by atoms with Gasteiger partial charge in [0.05, 0.1) is 18.1 Å². The van der Waals surface area contributed by atoms with E-state index in [1.54, 1.807) is 12.3 Å². The number of aromatic nitrogens is 2. The molecule has 0 aliphatic heterocycles. The zero-order chi connectivity index (χ0) is 10.8. The number of fused-ring (bicyclic) bond motifs is 1. The first-order valence-electron chi connectivity index (χ1n) is 4.89. The molecule has 4 heteroatoms. The lowest BCUT2D eigenvalue weighted by Crippen LogP contribution is -2.31. The summed E-state index contributed by atoms with van der Waals surface area (Å²) in [6, 6.07) is 7.34. The lowest BCUT2D eigenvalue weighted by Gasteiger charge is -2.07. The normalized spacial score (nSPS) is 12.9. The second kappa shape index (κ2) is 3.82. The summed E-state index contributed by atoms with van der Waals surface area (Å²) in [4.78, 5) is 11.9. The van der Waals surface area contributed by atoms with Crippen LogP contribution in [0.3, 0.4) is 0 Å². The molecule has 0 saturated heterocycles. The molecule has 2 N–H and O–H groups in total. The van der Waals surface area contributed by atoms with Gasteiger partial charge in [-0.25, -0.2) is 4.68 Å². The van der Waals surface area contributed by atoms with Crippen LogP contribution in [-0.2, 0) is 6.54 Å². The Bertz CT molecular complexity index is 531. The zero-order valence-electron chi connectivity index (χ0n) is 8.55. The summed E-state index contributed by atoms with van der Waals surface area (Å²) in [5.74, 6) is 0. The van der Waals surface area contributed by atoms with Crippen molar-refractivity contribution in [3.05, 3.63) is 40.8 Å². The van der Waals surface area contributed by atoms with Crippen LogP contribution in [0.4, 0.5) is 0 Å². The van der Waals surface area contributed by atoms with Crippen molar-refractivity contribution in [1.82, 2.24) is 9.78 Å². The molecule has 2 aromatic rings. The van der Waals surface area contributed by atoms with Crippen molar-refractivity contribution >= 4 is 10.8 Å². The van der Waals surface area contributed by atoms with Gasteiger partial charge in [-0.15, -0.1) is 0 Å². The van der Waals surface area contributed by atoms with Gasteiger partial charge in [0.25, 0.3) is 5.56 Å². The Hall–Kier alpha value is -1.68. The fourth-order valence-corrected chi connectivity index (χ4v) is 1.53. The maximum absolute atomic E-state index is 11.9. The molecule has 0 unspecified atom stereocenters. The van der Waals surface area contributed by atoms with Crippen molar-refractivity contribution < 1.29 is 0 Å². The van der Waals surface area contributed by atoms with Gasteiger partial charge < -0.3 is 5.73 Å². The van der Waals surface area contributed by atoms with Crippen LogP contribution in [-0.4, -0.2) is 15.8 Å². The molecule has 0 radical (unpaired) electrons. The summed E-state index contributed by atoms with van der Waals surface area (Å²) < 4.78 is 1.41. The molecule has 0 fully saturated rings. The molecule has 1 heterocycles. The molecular weight excluding hydrogens is 190 g/mol. The smallest absolute Gasteiger partial charge is 0.274 e. The van der Waals surface area contributed by atoms with Gasteiger partial charge in [0.1, 0.15) is 0 Å². The second-order valence-corrected chi connectivity index (χ2v) is 3.70. The van der Waals surface area contributed by atoms with E-state index in [-0.39, 0.29) is 11.6 Å². The number of nitrogens with zero attached hydrogens (tertiary/aromatic N) is 2. The molecule has 0 amide bonds. The molecule has 15 heavy (non-hydrogen) atoms. The highest BCUT2D eigenvalue weighted by Gasteiger charge is 2.04. The Morgan fingerprint density at radius 1 is 1.47 bits per heavy atom. The summed E-state index contributed by atoms with van der Waals surface area (Å²) in [6.07, 6.45) is 1.69. The van der Waals surface area contributed by atoms with E-state index in [0.29, 0.717) is 11.9 Å². The van der Waals surface area contributed by atoms with E-state index in [4.69, 9.17) is 5.73 Å². The van der Waals surface area contributed by atoms with Crippen LogP contribution in [0.1, 0.15) is 6.92 Å². The van der Waals surface area contributed by atoms with E-state index in [1.165, 1.54) is 4.68 Å². The number of hydrogen-bond donors (Lipinski definition) is 1. The third-order valence-corrected chi connectivity index (χ3v) is 2.22. The Balaban J connectivity index is 2.60. The summed E-state index contributed by atoms with van der Waals surface area (Å²) in [5.41, 5.74) is 5.56. The van der Waals surface area contributed by atoms with E-state index in [0.717, 1.165) is 5.39 Å². The van der Waals surface area contributed by atoms with Crippen molar-refractivity contribution in [1.29, 1.82) is 0 Å². The monoisotopic (exact) mass is 203 g/mol. The number of benzene rings is 1. The van der Waals surface area contributed by atoms with E-state index in [1.807, 2.05) is 25.1 Å². The standard InChI is InChI=1S/C11H13N3O/c1-8(12)7-14-11(15)10-5-3-2-4-9(10)6-13-14/h2-6,8H,7,12H2,1H3/t8-/m0/s1. The number of rotatable bonds is 2. The molecule has 1 aromatic carbocycles. The van der Waals surface area contributed by atoms with Gasteiger partial charge in [-0.2, -0.15) is 5.10 Å². The van der Waals surface area contributed by atoms with Crippen molar-refractivity contribution in [2.24, 2.45) is 5.73 Å². The highest BCUT2D eigenvalue weighted by Crippen LogP contribution is 2.06. The lowest BCUT2D eigenvalue weighted by atomic mass is 10.2. The second-order valence-electron chi connectivity index (χ2n) is 3.70. The van der Waals surface area contributed by atoms with E-state index in [9.17, 15) is 4.79 Å². The lowest BCUT2D eigenvalue weighted by molar-refractivity contribution is 0.518. The fourth-order valence-electron chi connectivity index (χ4n) is 1.53. The Morgan fingerprint density at radius 2 is 2.20 bits per heavy atom. The minimum atomic E-state index is -0.0783. The molecular formula is C11H13N3O. The van der Waals surface area contributed by atoms with Crippen molar-refractivity contribution in [2.45, 2.75) is 19.5 Å². The third kappa shape index (κ3) is 1.89. The van der Waals surface area contributed by atoms with Crippen LogP contribution < -0.4 is 11.3 Å². The third-order valence-electron chi connectivity index (χ3n) is 2.22. The highest BCUT2D eigenvalue weighted by atomic mass is 16.1. The van der Waals surface area contributed by atoms with E-state index < -0.39 is 0 Å². The first kappa shape index (κ1) is 9.86. The van der Waals surface area contributed by atoms with Gasteiger partial charge in [0.15, 0.2) is 0 Å². The Labute approximate surface area is 87.3 Å². The summed E-state index contributed by atoms with van der Waals surface area (Å²) in [6.45, 7) is 2.30. The zero-order valence-corrected chi connectivity index (χ0v) is 8.55. The van der Waals surface area contributed by atoms with Crippen molar-refractivity contribution in [3.63, 3.8) is 0 Å². The van der Waals surface area contributed by atoms with E-state index >= 15 is 0 Å². The fraction of sp³-hybridized carbons (Fsp3) is 0.273. The largest absolute Gasteiger partial charge is 0.326 e.